The maximum atomic E-state index is 13.8. The van der Waals surface area contributed by atoms with Gasteiger partial charge in [0.2, 0.25) is 5.91 Å². The van der Waals surface area contributed by atoms with Crippen LogP contribution < -0.4 is 4.90 Å². The third kappa shape index (κ3) is 2.14. The molecule has 2 rings (SSSR count). The number of hydrogen-bond donors (Lipinski definition) is 0. The molecule has 4 heteroatoms. The zero-order chi connectivity index (χ0) is 12.4. The van der Waals surface area contributed by atoms with E-state index in [0.717, 1.165) is 5.56 Å². The molecule has 1 saturated heterocycles. The number of carbonyl (C=O) groups is 1. The average Bonchev–Trinajstić information content (AvgIpc) is 2.62. The maximum Gasteiger partial charge on any atom is 0.227 e. The Bertz CT molecular complexity index is 493. The Morgan fingerprint density at radius 1 is 1.59 bits per heavy atom. The first kappa shape index (κ1) is 11.6. The molecule has 0 radical (unpaired) electrons. The highest BCUT2D eigenvalue weighted by molar-refractivity contribution is 5.96. The number of hydrogen-bond acceptors (Lipinski definition) is 2. The van der Waals surface area contributed by atoms with E-state index in [1.54, 1.807) is 19.1 Å². The summed E-state index contributed by atoms with van der Waals surface area (Å²) in [6.07, 6.45) is 1.26. The number of benzene rings is 1. The van der Waals surface area contributed by atoms with Gasteiger partial charge in [-0.15, -0.1) is 0 Å². The van der Waals surface area contributed by atoms with Crippen LogP contribution >= 0.6 is 0 Å². The van der Waals surface area contributed by atoms with E-state index in [1.807, 2.05) is 6.07 Å². The highest BCUT2D eigenvalue weighted by Crippen LogP contribution is 2.30. The van der Waals surface area contributed by atoms with Crippen LogP contribution in [0.4, 0.5) is 10.1 Å². The van der Waals surface area contributed by atoms with Gasteiger partial charge in [0.05, 0.1) is 24.2 Å². The van der Waals surface area contributed by atoms with E-state index in [-0.39, 0.29) is 18.4 Å². The molecule has 3 nitrogen and oxygen atoms in total. The van der Waals surface area contributed by atoms with Crippen molar-refractivity contribution in [3.63, 3.8) is 0 Å². The fourth-order valence-corrected chi connectivity index (χ4v) is 2.18. The number of halogens is 1. The van der Waals surface area contributed by atoms with Gasteiger partial charge in [0.15, 0.2) is 0 Å². The Labute approximate surface area is 99.5 Å². The summed E-state index contributed by atoms with van der Waals surface area (Å²) in [7, 11) is 0. The van der Waals surface area contributed by atoms with Crippen molar-refractivity contribution in [2.45, 2.75) is 32.2 Å². The van der Waals surface area contributed by atoms with Gasteiger partial charge < -0.3 is 4.90 Å². The first-order valence-corrected chi connectivity index (χ1v) is 5.58. The minimum atomic E-state index is -0.400. The standard InChI is InChI=1S/C13H13FN2O/c1-9-2-4-12(11(14)8-9)16-10(6-7-15)3-5-13(16)17/h2,4,8,10H,3,5-6H2,1H3. The van der Waals surface area contributed by atoms with Crippen LogP contribution in [0.2, 0.25) is 0 Å². The SMILES string of the molecule is Cc1ccc(N2C(=O)CCC2CC#N)c(F)c1. The molecule has 1 aliphatic rings. The number of nitrogens with zero attached hydrogens (tertiary/aromatic N) is 2. The van der Waals surface area contributed by atoms with Gasteiger partial charge in [-0.05, 0) is 31.0 Å². The Morgan fingerprint density at radius 3 is 3.00 bits per heavy atom. The van der Waals surface area contributed by atoms with Crippen LogP contribution in [0, 0.1) is 24.1 Å². The molecule has 0 aromatic heterocycles. The fourth-order valence-electron chi connectivity index (χ4n) is 2.18. The topological polar surface area (TPSA) is 44.1 Å². The van der Waals surface area contributed by atoms with Crippen LogP contribution in [0.25, 0.3) is 0 Å². The van der Waals surface area contributed by atoms with Crippen molar-refractivity contribution in [2.24, 2.45) is 0 Å². The summed E-state index contributed by atoms with van der Waals surface area (Å²) >= 11 is 0. The molecule has 1 amide bonds. The molecule has 0 bridgehead atoms. The lowest BCUT2D eigenvalue weighted by Crippen LogP contribution is -2.33. The predicted molar refractivity (Wildman–Crippen MR) is 61.9 cm³/mol. The van der Waals surface area contributed by atoms with E-state index >= 15 is 0 Å². The summed E-state index contributed by atoms with van der Waals surface area (Å²) in [6, 6.07) is 6.64. The number of aryl methyl sites for hydroxylation is 1. The van der Waals surface area contributed by atoms with Crippen molar-refractivity contribution in [3.05, 3.63) is 29.6 Å². The van der Waals surface area contributed by atoms with E-state index < -0.39 is 5.82 Å². The van der Waals surface area contributed by atoms with Crippen molar-refractivity contribution in [3.8, 4) is 6.07 Å². The fraction of sp³-hybridized carbons (Fsp3) is 0.385. The molecule has 0 spiro atoms. The van der Waals surface area contributed by atoms with Gasteiger partial charge in [-0.3, -0.25) is 4.79 Å². The molecular formula is C13H13FN2O. The van der Waals surface area contributed by atoms with E-state index in [1.165, 1.54) is 11.0 Å². The molecule has 0 aliphatic carbocycles. The van der Waals surface area contributed by atoms with E-state index in [2.05, 4.69) is 0 Å². The van der Waals surface area contributed by atoms with Crippen molar-refractivity contribution < 1.29 is 9.18 Å². The van der Waals surface area contributed by atoms with Gasteiger partial charge in [0, 0.05) is 6.42 Å². The molecule has 1 aromatic carbocycles. The van der Waals surface area contributed by atoms with E-state index in [4.69, 9.17) is 5.26 Å². The summed E-state index contributed by atoms with van der Waals surface area (Å²) in [5.41, 5.74) is 1.10. The second kappa shape index (κ2) is 4.54. The summed E-state index contributed by atoms with van der Waals surface area (Å²) in [5, 5.41) is 8.71. The number of rotatable bonds is 2. The van der Waals surface area contributed by atoms with Gasteiger partial charge in [0.1, 0.15) is 5.82 Å². The van der Waals surface area contributed by atoms with E-state index in [0.29, 0.717) is 18.5 Å². The maximum absolute atomic E-state index is 13.8. The molecule has 1 aliphatic heterocycles. The van der Waals surface area contributed by atoms with Crippen LogP contribution in [-0.4, -0.2) is 11.9 Å². The van der Waals surface area contributed by atoms with Crippen molar-refractivity contribution in [1.29, 1.82) is 5.26 Å². The van der Waals surface area contributed by atoms with Gasteiger partial charge in [0.25, 0.3) is 0 Å². The van der Waals surface area contributed by atoms with Crippen LogP contribution in [0.3, 0.4) is 0 Å². The minimum Gasteiger partial charge on any atom is -0.305 e. The monoisotopic (exact) mass is 232 g/mol. The molecule has 0 N–H and O–H groups in total. The molecule has 17 heavy (non-hydrogen) atoms. The Kier molecular flexibility index (Phi) is 3.10. The Morgan fingerprint density at radius 2 is 2.35 bits per heavy atom. The van der Waals surface area contributed by atoms with E-state index in [9.17, 15) is 9.18 Å². The predicted octanol–water partition coefficient (Wildman–Crippen LogP) is 2.54. The van der Waals surface area contributed by atoms with Crippen LogP contribution in [0.1, 0.15) is 24.8 Å². The highest BCUT2D eigenvalue weighted by atomic mass is 19.1. The van der Waals surface area contributed by atoms with Crippen LogP contribution in [0.5, 0.6) is 0 Å². The quantitative estimate of drug-likeness (QED) is 0.786. The zero-order valence-corrected chi connectivity index (χ0v) is 9.61. The van der Waals surface area contributed by atoms with Crippen molar-refractivity contribution in [1.82, 2.24) is 0 Å². The molecule has 1 unspecified atom stereocenters. The Balaban J connectivity index is 2.36. The molecule has 1 atom stereocenters. The summed E-state index contributed by atoms with van der Waals surface area (Å²) in [5.74, 6) is -0.504. The lowest BCUT2D eigenvalue weighted by molar-refractivity contribution is -0.117. The highest BCUT2D eigenvalue weighted by Gasteiger charge is 2.33. The van der Waals surface area contributed by atoms with Crippen molar-refractivity contribution in [2.75, 3.05) is 4.90 Å². The second-order valence-corrected chi connectivity index (χ2v) is 4.27. The first-order valence-electron chi connectivity index (χ1n) is 5.58. The number of carbonyl (C=O) groups excluding carboxylic acids is 1. The number of nitriles is 1. The third-order valence-electron chi connectivity index (χ3n) is 3.01. The lowest BCUT2D eigenvalue weighted by Gasteiger charge is -2.23. The van der Waals surface area contributed by atoms with Gasteiger partial charge in [-0.2, -0.15) is 5.26 Å². The zero-order valence-electron chi connectivity index (χ0n) is 9.61. The molecule has 1 heterocycles. The van der Waals surface area contributed by atoms with Gasteiger partial charge in [-0.1, -0.05) is 6.07 Å². The van der Waals surface area contributed by atoms with Crippen LogP contribution in [-0.2, 0) is 4.79 Å². The molecule has 1 fully saturated rings. The first-order chi connectivity index (χ1) is 8.13. The largest absolute Gasteiger partial charge is 0.305 e. The summed E-state index contributed by atoms with van der Waals surface area (Å²) in [4.78, 5) is 13.2. The van der Waals surface area contributed by atoms with Gasteiger partial charge in [-0.25, -0.2) is 4.39 Å². The minimum absolute atomic E-state index is 0.104. The Hall–Kier alpha value is -1.89. The van der Waals surface area contributed by atoms with Crippen molar-refractivity contribution >= 4 is 11.6 Å². The number of anilines is 1. The molecule has 0 saturated carbocycles. The third-order valence-corrected chi connectivity index (χ3v) is 3.01. The summed E-state index contributed by atoms with van der Waals surface area (Å²) < 4.78 is 13.8. The molecule has 1 aromatic rings. The molecular weight excluding hydrogens is 219 g/mol. The smallest absolute Gasteiger partial charge is 0.227 e. The average molecular weight is 232 g/mol. The summed E-state index contributed by atoms with van der Waals surface area (Å²) in [6.45, 7) is 1.80. The lowest BCUT2D eigenvalue weighted by atomic mass is 10.1. The molecule has 88 valence electrons. The van der Waals surface area contributed by atoms with Gasteiger partial charge >= 0.3 is 0 Å². The second-order valence-electron chi connectivity index (χ2n) is 4.27. The number of amides is 1. The normalized spacial score (nSPS) is 19.5. The van der Waals surface area contributed by atoms with Crippen LogP contribution in [0.15, 0.2) is 18.2 Å².